The Morgan fingerprint density at radius 3 is 2.89 bits per heavy atom. The molecule has 1 aromatic carbocycles. The van der Waals surface area contributed by atoms with Crippen LogP contribution >= 0.6 is 15.9 Å². The third-order valence-electron chi connectivity index (χ3n) is 3.90. The van der Waals surface area contributed by atoms with Crippen molar-refractivity contribution in [3.8, 4) is 0 Å². The predicted octanol–water partition coefficient (Wildman–Crippen LogP) is 2.95. The normalized spacial score (nSPS) is 20.5. The van der Waals surface area contributed by atoms with E-state index in [2.05, 4.69) is 53.0 Å². The lowest BCUT2D eigenvalue weighted by Crippen LogP contribution is -2.31. The van der Waals surface area contributed by atoms with Crippen molar-refractivity contribution in [1.82, 2.24) is 0 Å². The van der Waals surface area contributed by atoms with Crippen LogP contribution in [-0.4, -0.2) is 32.3 Å². The van der Waals surface area contributed by atoms with Crippen molar-refractivity contribution in [1.29, 1.82) is 0 Å². The van der Waals surface area contributed by atoms with Crippen molar-refractivity contribution in [2.24, 2.45) is 5.73 Å². The maximum atomic E-state index is 6.02. The van der Waals surface area contributed by atoms with E-state index in [9.17, 15) is 0 Å². The molecule has 2 atom stereocenters. The molecule has 1 aromatic rings. The molecule has 1 saturated heterocycles. The number of nitrogens with zero attached hydrogens (tertiary/aromatic N) is 1. The maximum absolute atomic E-state index is 6.02. The first-order chi connectivity index (χ1) is 9.11. The molecule has 2 unspecified atom stereocenters. The average Bonchev–Trinajstić information content (AvgIpc) is 2.94. The average molecular weight is 327 g/mol. The number of nitrogens with two attached hydrogens (primary N) is 1. The molecule has 1 heterocycles. The first-order valence-electron chi connectivity index (χ1n) is 6.96. The van der Waals surface area contributed by atoms with Crippen molar-refractivity contribution < 1.29 is 4.74 Å². The molecule has 3 nitrogen and oxygen atoms in total. The molecule has 19 heavy (non-hydrogen) atoms. The third-order valence-corrected chi connectivity index (χ3v) is 4.64. The van der Waals surface area contributed by atoms with Crippen LogP contribution in [0.5, 0.6) is 0 Å². The highest BCUT2D eigenvalue weighted by atomic mass is 79.9. The Morgan fingerprint density at radius 2 is 2.32 bits per heavy atom. The summed E-state index contributed by atoms with van der Waals surface area (Å²) >= 11 is 3.67. The Balaban J connectivity index is 2.09. The fourth-order valence-corrected chi connectivity index (χ4v) is 2.91. The summed E-state index contributed by atoms with van der Waals surface area (Å²) in [4.78, 5) is 2.31. The summed E-state index contributed by atoms with van der Waals surface area (Å²) < 4.78 is 6.60. The smallest absolute Gasteiger partial charge is 0.0670 e. The van der Waals surface area contributed by atoms with Crippen LogP contribution in [0.1, 0.15) is 25.3 Å². The lowest BCUT2D eigenvalue weighted by atomic mass is 10.0. The quantitative estimate of drug-likeness (QED) is 0.904. The molecule has 2 N–H and O–H groups in total. The summed E-state index contributed by atoms with van der Waals surface area (Å²) in [5.74, 6) is 0. The second-order valence-electron chi connectivity index (χ2n) is 5.28. The van der Waals surface area contributed by atoms with E-state index in [-0.39, 0.29) is 6.04 Å². The van der Waals surface area contributed by atoms with Gasteiger partial charge in [-0.15, -0.1) is 0 Å². The highest BCUT2D eigenvalue weighted by Crippen LogP contribution is 2.27. The molecular formula is C15H23BrN2O. The van der Waals surface area contributed by atoms with E-state index in [1.807, 2.05) is 0 Å². The number of likely N-dealkylation sites (N-methyl/N-ethyl adjacent to an activating group) is 1. The standard InChI is InChI=1S/C15H23BrN2O/c1-3-12(17)8-11-4-5-13(9-15(11)16)18(2)14-6-7-19-10-14/h4-5,9,12,14H,3,6-8,10,17H2,1-2H3. The number of halogens is 1. The highest BCUT2D eigenvalue weighted by Gasteiger charge is 2.21. The van der Waals surface area contributed by atoms with Crippen molar-refractivity contribution in [3.63, 3.8) is 0 Å². The molecule has 1 fully saturated rings. The fraction of sp³-hybridized carbons (Fsp3) is 0.600. The predicted molar refractivity (Wildman–Crippen MR) is 83.7 cm³/mol. The first-order valence-corrected chi connectivity index (χ1v) is 7.75. The summed E-state index contributed by atoms with van der Waals surface area (Å²) in [6, 6.07) is 7.29. The molecular weight excluding hydrogens is 304 g/mol. The van der Waals surface area contributed by atoms with Gasteiger partial charge in [-0.25, -0.2) is 0 Å². The highest BCUT2D eigenvalue weighted by molar-refractivity contribution is 9.10. The number of anilines is 1. The second kappa shape index (κ2) is 6.73. The fourth-order valence-electron chi connectivity index (χ4n) is 2.39. The Kier molecular flexibility index (Phi) is 5.25. The Labute approximate surface area is 124 Å². The molecule has 0 amide bonds. The molecule has 1 aliphatic rings. The van der Waals surface area contributed by atoms with E-state index in [4.69, 9.17) is 10.5 Å². The Bertz CT molecular complexity index is 419. The third kappa shape index (κ3) is 3.71. The summed E-state index contributed by atoms with van der Waals surface area (Å²) in [6.07, 6.45) is 3.04. The van der Waals surface area contributed by atoms with Crippen LogP contribution in [0.25, 0.3) is 0 Å². The van der Waals surface area contributed by atoms with Crippen LogP contribution in [-0.2, 0) is 11.2 Å². The molecule has 0 aromatic heterocycles. The zero-order valence-electron chi connectivity index (χ0n) is 11.7. The van der Waals surface area contributed by atoms with E-state index < -0.39 is 0 Å². The van der Waals surface area contributed by atoms with E-state index >= 15 is 0 Å². The minimum Gasteiger partial charge on any atom is -0.379 e. The van der Waals surface area contributed by atoms with Gasteiger partial charge in [0.1, 0.15) is 0 Å². The molecule has 0 bridgehead atoms. The number of hydrogen-bond acceptors (Lipinski definition) is 3. The van der Waals surface area contributed by atoms with Crippen LogP contribution in [0.4, 0.5) is 5.69 Å². The minimum absolute atomic E-state index is 0.239. The van der Waals surface area contributed by atoms with Gasteiger partial charge in [0.25, 0.3) is 0 Å². The number of hydrogen-bond donors (Lipinski definition) is 1. The second-order valence-corrected chi connectivity index (χ2v) is 6.13. The largest absolute Gasteiger partial charge is 0.379 e. The molecule has 2 rings (SSSR count). The van der Waals surface area contributed by atoms with Crippen LogP contribution < -0.4 is 10.6 Å². The van der Waals surface area contributed by atoms with Gasteiger partial charge in [0.2, 0.25) is 0 Å². The Morgan fingerprint density at radius 1 is 1.53 bits per heavy atom. The number of rotatable bonds is 5. The molecule has 1 aliphatic heterocycles. The monoisotopic (exact) mass is 326 g/mol. The van der Waals surface area contributed by atoms with Gasteiger partial charge in [-0.05, 0) is 37.0 Å². The zero-order chi connectivity index (χ0) is 13.8. The van der Waals surface area contributed by atoms with Gasteiger partial charge in [-0.2, -0.15) is 0 Å². The Hall–Kier alpha value is -0.580. The number of benzene rings is 1. The minimum atomic E-state index is 0.239. The van der Waals surface area contributed by atoms with Gasteiger partial charge >= 0.3 is 0 Å². The first kappa shape index (κ1) is 14.8. The van der Waals surface area contributed by atoms with Gasteiger partial charge in [0.15, 0.2) is 0 Å². The van der Waals surface area contributed by atoms with Crippen molar-refractivity contribution in [2.75, 3.05) is 25.2 Å². The van der Waals surface area contributed by atoms with E-state index in [1.54, 1.807) is 0 Å². The van der Waals surface area contributed by atoms with E-state index in [1.165, 1.54) is 11.3 Å². The van der Waals surface area contributed by atoms with Gasteiger partial charge in [-0.1, -0.05) is 28.9 Å². The maximum Gasteiger partial charge on any atom is 0.0670 e. The van der Waals surface area contributed by atoms with Crippen molar-refractivity contribution in [2.45, 2.75) is 38.3 Å². The zero-order valence-corrected chi connectivity index (χ0v) is 13.3. The van der Waals surface area contributed by atoms with Gasteiger partial charge < -0.3 is 15.4 Å². The molecule has 0 spiro atoms. The summed E-state index contributed by atoms with van der Waals surface area (Å²) in [5, 5.41) is 0. The van der Waals surface area contributed by atoms with E-state index in [0.29, 0.717) is 6.04 Å². The topological polar surface area (TPSA) is 38.5 Å². The summed E-state index contributed by atoms with van der Waals surface area (Å²) in [5.41, 5.74) is 8.54. The van der Waals surface area contributed by atoms with Gasteiger partial charge in [0.05, 0.1) is 12.6 Å². The number of ether oxygens (including phenoxy) is 1. The van der Waals surface area contributed by atoms with Crippen molar-refractivity contribution in [3.05, 3.63) is 28.2 Å². The lowest BCUT2D eigenvalue weighted by molar-refractivity contribution is 0.193. The van der Waals surface area contributed by atoms with Crippen LogP contribution in [0.15, 0.2) is 22.7 Å². The SMILES string of the molecule is CCC(N)Cc1ccc(N(C)C2CCOC2)cc1Br. The molecule has 0 saturated carbocycles. The molecule has 0 aliphatic carbocycles. The molecule has 4 heteroatoms. The summed E-state index contributed by atoms with van der Waals surface area (Å²) in [6.45, 7) is 3.83. The van der Waals surface area contributed by atoms with E-state index in [0.717, 1.165) is 36.9 Å². The van der Waals surface area contributed by atoms with Crippen LogP contribution in [0.3, 0.4) is 0 Å². The van der Waals surface area contributed by atoms with Crippen LogP contribution in [0, 0.1) is 0 Å². The van der Waals surface area contributed by atoms with Gasteiger partial charge in [-0.3, -0.25) is 0 Å². The molecule has 0 radical (unpaired) electrons. The van der Waals surface area contributed by atoms with Crippen LogP contribution in [0.2, 0.25) is 0 Å². The lowest BCUT2D eigenvalue weighted by Gasteiger charge is -2.26. The molecule has 106 valence electrons. The summed E-state index contributed by atoms with van der Waals surface area (Å²) in [7, 11) is 2.14. The van der Waals surface area contributed by atoms with Crippen molar-refractivity contribution >= 4 is 21.6 Å². The van der Waals surface area contributed by atoms with Gasteiger partial charge in [0, 0.05) is 29.9 Å².